The van der Waals surface area contributed by atoms with Gasteiger partial charge >= 0.3 is 0 Å². The summed E-state index contributed by atoms with van der Waals surface area (Å²) in [4.78, 5) is 16.0. The van der Waals surface area contributed by atoms with Crippen LogP contribution in [0.1, 0.15) is 0 Å². The molecule has 1 aromatic rings. The van der Waals surface area contributed by atoms with Crippen LogP contribution in [0.25, 0.3) is 0 Å². The number of likely N-dealkylation sites (N-methyl/N-ethyl adjacent to an activating group) is 1. The predicted molar refractivity (Wildman–Crippen MR) is 65.8 cm³/mol. The number of nitrogens with zero attached hydrogens (tertiary/aromatic N) is 4. The molecule has 0 spiro atoms. The third-order valence-electron chi connectivity index (χ3n) is 2.99. The van der Waals surface area contributed by atoms with Crippen molar-refractivity contribution >= 4 is 11.7 Å². The molecule has 0 aliphatic carbocycles. The lowest BCUT2D eigenvalue weighted by molar-refractivity contribution is -0.130. The van der Waals surface area contributed by atoms with E-state index < -0.39 is 0 Å². The summed E-state index contributed by atoms with van der Waals surface area (Å²) in [5.74, 6) is 0.888. The normalized spacial score (nSPS) is 17.2. The van der Waals surface area contributed by atoms with E-state index in [9.17, 15) is 4.79 Å². The van der Waals surface area contributed by atoms with Gasteiger partial charge in [0.25, 0.3) is 0 Å². The molecule has 94 valence electrons. The van der Waals surface area contributed by atoms with Crippen molar-refractivity contribution in [2.45, 2.75) is 0 Å². The lowest BCUT2D eigenvalue weighted by atomic mass is 10.3. The molecule has 0 aromatic carbocycles. The van der Waals surface area contributed by atoms with Crippen LogP contribution in [0.2, 0.25) is 0 Å². The third kappa shape index (κ3) is 3.20. The average molecular weight is 237 g/mol. The molecule has 1 aromatic heterocycles. The highest BCUT2D eigenvalue weighted by atomic mass is 16.2. The van der Waals surface area contributed by atoms with Crippen LogP contribution in [0.15, 0.2) is 12.3 Å². The van der Waals surface area contributed by atoms with E-state index in [-0.39, 0.29) is 5.91 Å². The van der Waals surface area contributed by atoms with E-state index in [4.69, 9.17) is 0 Å². The van der Waals surface area contributed by atoms with Crippen molar-refractivity contribution in [1.82, 2.24) is 19.6 Å². The lowest BCUT2D eigenvalue weighted by Gasteiger charge is -2.32. The Balaban J connectivity index is 1.77. The first kappa shape index (κ1) is 11.9. The van der Waals surface area contributed by atoms with Gasteiger partial charge in [-0.1, -0.05) is 0 Å². The monoisotopic (exact) mass is 237 g/mol. The van der Waals surface area contributed by atoms with Crippen molar-refractivity contribution < 1.29 is 4.79 Å². The maximum absolute atomic E-state index is 11.9. The van der Waals surface area contributed by atoms with Gasteiger partial charge in [0.05, 0.1) is 6.54 Å². The topological polar surface area (TPSA) is 53.4 Å². The van der Waals surface area contributed by atoms with Crippen LogP contribution < -0.4 is 5.32 Å². The Morgan fingerprint density at radius 3 is 2.65 bits per heavy atom. The van der Waals surface area contributed by atoms with Gasteiger partial charge in [-0.25, -0.2) is 0 Å². The molecule has 0 atom stereocenters. The van der Waals surface area contributed by atoms with E-state index in [2.05, 4.69) is 22.4 Å². The van der Waals surface area contributed by atoms with Gasteiger partial charge in [0.15, 0.2) is 0 Å². The summed E-state index contributed by atoms with van der Waals surface area (Å²) in [6, 6.07) is 1.86. The quantitative estimate of drug-likeness (QED) is 0.777. The SMILES string of the molecule is CN1CCN(C(=O)CNc2ccn(C)n2)CC1. The van der Waals surface area contributed by atoms with Gasteiger partial charge in [0.2, 0.25) is 5.91 Å². The Bertz CT molecular complexity index is 381. The van der Waals surface area contributed by atoms with Crippen LogP contribution in [0.5, 0.6) is 0 Å². The molecule has 1 aliphatic heterocycles. The molecule has 1 fully saturated rings. The number of nitrogens with one attached hydrogen (secondary N) is 1. The maximum atomic E-state index is 11.9. The van der Waals surface area contributed by atoms with Gasteiger partial charge in [-0.3, -0.25) is 9.48 Å². The first-order valence-corrected chi connectivity index (χ1v) is 5.85. The Morgan fingerprint density at radius 2 is 2.06 bits per heavy atom. The van der Waals surface area contributed by atoms with Crippen molar-refractivity contribution in [1.29, 1.82) is 0 Å². The summed E-state index contributed by atoms with van der Waals surface area (Å²) >= 11 is 0. The maximum Gasteiger partial charge on any atom is 0.242 e. The third-order valence-corrected chi connectivity index (χ3v) is 2.99. The van der Waals surface area contributed by atoms with E-state index >= 15 is 0 Å². The van der Waals surface area contributed by atoms with E-state index in [0.29, 0.717) is 6.54 Å². The zero-order valence-corrected chi connectivity index (χ0v) is 10.4. The van der Waals surface area contributed by atoms with Gasteiger partial charge in [-0.15, -0.1) is 0 Å². The summed E-state index contributed by atoms with van der Waals surface area (Å²) in [5, 5.41) is 7.20. The summed E-state index contributed by atoms with van der Waals surface area (Å²) in [6.45, 7) is 3.86. The van der Waals surface area contributed by atoms with Crippen molar-refractivity contribution in [3.05, 3.63) is 12.3 Å². The van der Waals surface area contributed by atoms with E-state index in [1.165, 1.54) is 0 Å². The number of hydrogen-bond acceptors (Lipinski definition) is 4. The molecule has 0 unspecified atom stereocenters. The van der Waals surface area contributed by atoms with Crippen molar-refractivity contribution in [2.24, 2.45) is 7.05 Å². The van der Waals surface area contributed by atoms with Gasteiger partial charge in [0.1, 0.15) is 5.82 Å². The average Bonchev–Trinajstić information content (AvgIpc) is 2.73. The number of carbonyl (C=O) groups excluding carboxylic acids is 1. The highest BCUT2D eigenvalue weighted by Gasteiger charge is 2.18. The molecule has 6 heteroatoms. The minimum atomic E-state index is 0.142. The zero-order chi connectivity index (χ0) is 12.3. The molecule has 2 heterocycles. The minimum Gasteiger partial charge on any atom is -0.360 e. The van der Waals surface area contributed by atoms with Crippen molar-refractivity contribution in [2.75, 3.05) is 45.1 Å². The van der Waals surface area contributed by atoms with Crippen LogP contribution in [-0.2, 0) is 11.8 Å². The Morgan fingerprint density at radius 1 is 1.35 bits per heavy atom. The van der Waals surface area contributed by atoms with Crippen molar-refractivity contribution in [3.8, 4) is 0 Å². The highest BCUT2D eigenvalue weighted by molar-refractivity contribution is 5.80. The molecular weight excluding hydrogens is 218 g/mol. The van der Waals surface area contributed by atoms with Gasteiger partial charge in [-0.2, -0.15) is 5.10 Å². The Labute approximate surface area is 101 Å². The number of rotatable bonds is 3. The first-order chi connectivity index (χ1) is 8.15. The van der Waals surface area contributed by atoms with Crippen LogP contribution >= 0.6 is 0 Å². The van der Waals surface area contributed by atoms with Crippen LogP contribution in [-0.4, -0.2) is 65.3 Å². The summed E-state index contributed by atoms with van der Waals surface area (Å²) in [5.41, 5.74) is 0. The Hall–Kier alpha value is -1.56. The second-order valence-corrected chi connectivity index (χ2v) is 4.41. The molecule has 0 radical (unpaired) electrons. The number of aryl methyl sites for hydroxylation is 1. The number of anilines is 1. The van der Waals surface area contributed by atoms with E-state index in [1.54, 1.807) is 4.68 Å². The van der Waals surface area contributed by atoms with Crippen LogP contribution in [0, 0.1) is 0 Å². The number of aromatic nitrogens is 2. The first-order valence-electron chi connectivity index (χ1n) is 5.85. The molecule has 1 aliphatic rings. The van der Waals surface area contributed by atoms with Crippen molar-refractivity contribution in [3.63, 3.8) is 0 Å². The predicted octanol–water partition coefficient (Wildman–Crippen LogP) is -0.394. The number of carbonyl (C=O) groups is 1. The fourth-order valence-corrected chi connectivity index (χ4v) is 1.84. The van der Waals surface area contributed by atoms with E-state index in [1.807, 2.05) is 24.2 Å². The molecule has 17 heavy (non-hydrogen) atoms. The fourth-order valence-electron chi connectivity index (χ4n) is 1.84. The number of hydrogen-bond donors (Lipinski definition) is 1. The fraction of sp³-hybridized carbons (Fsp3) is 0.636. The van der Waals surface area contributed by atoms with Crippen LogP contribution in [0.3, 0.4) is 0 Å². The molecule has 2 rings (SSSR count). The Kier molecular flexibility index (Phi) is 3.63. The second kappa shape index (κ2) is 5.18. The van der Waals surface area contributed by atoms with Gasteiger partial charge in [0, 0.05) is 45.5 Å². The smallest absolute Gasteiger partial charge is 0.242 e. The molecule has 1 saturated heterocycles. The lowest BCUT2D eigenvalue weighted by Crippen LogP contribution is -2.48. The summed E-state index contributed by atoms with van der Waals surface area (Å²) in [7, 11) is 3.93. The number of piperazine rings is 1. The summed E-state index contributed by atoms with van der Waals surface area (Å²) < 4.78 is 1.71. The van der Waals surface area contributed by atoms with Gasteiger partial charge in [-0.05, 0) is 7.05 Å². The molecular formula is C11H19N5O. The van der Waals surface area contributed by atoms with Crippen LogP contribution in [0.4, 0.5) is 5.82 Å². The molecule has 1 N–H and O–H groups in total. The molecule has 6 nitrogen and oxygen atoms in total. The second-order valence-electron chi connectivity index (χ2n) is 4.41. The number of amides is 1. The van der Waals surface area contributed by atoms with Gasteiger partial charge < -0.3 is 15.1 Å². The highest BCUT2D eigenvalue weighted by Crippen LogP contribution is 2.03. The zero-order valence-electron chi connectivity index (χ0n) is 10.4. The standard InChI is InChI=1S/C11H19N5O/c1-14-5-7-16(8-6-14)11(17)9-12-10-3-4-15(2)13-10/h3-4H,5-9H2,1-2H3,(H,12,13). The molecule has 1 amide bonds. The minimum absolute atomic E-state index is 0.142. The largest absolute Gasteiger partial charge is 0.360 e. The van der Waals surface area contributed by atoms with E-state index in [0.717, 1.165) is 32.0 Å². The molecule has 0 saturated carbocycles. The molecule has 0 bridgehead atoms. The summed E-state index contributed by atoms with van der Waals surface area (Å²) in [6.07, 6.45) is 1.85.